The van der Waals surface area contributed by atoms with Crippen molar-refractivity contribution in [3.8, 4) is 0 Å². The summed E-state index contributed by atoms with van der Waals surface area (Å²) in [6.07, 6.45) is 3.68. The van der Waals surface area contributed by atoms with Gasteiger partial charge in [-0.15, -0.1) is 0 Å². The van der Waals surface area contributed by atoms with Crippen LogP contribution in [-0.2, 0) is 18.6 Å². The second-order valence-electron chi connectivity index (χ2n) is 7.01. The van der Waals surface area contributed by atoms with Gasteiger partial charge in [0.25, 0.3) is 0 Å². The van der Waals surface area contributed by atoms with Crippen molar-refractivity contribution in [1.29, 1.82) is 0 Å². The van der Waals surface area contributed by atoms with Crippen LogP contribution in [0.3, 0.4) is 0 Å². The van der Waals surface area contributed by atoms with E-state index in [4.69, 9.17) is 0 Å². The van der Waals surface area contributed by atoms with Crippen LogP contribution in [0.5, 0.6) is 0 Å². The van der Waals surface area contributed by atoms with Crippen molar-refractivity contribution >= 4 is 0 Å². The molecule has 0 saturated carbocycles. The molecule has 0 aliphatic carbocycles. The van der Waals surface area contributed by atoms with E-state index in [9.17, 15) is 9.50 Å². The lowest BCUT2D eigenvalue weighted by Crippen LogP contribution is -2.47. The average Bonchev–Trinajstić information content (AvgIpc) is 3.08. The van der Waals surface area contributed by atoms with E-state index in [0.717, 1.165) is 5.56 Å². The van der Waals surface area contributed by atoms with Gasteiger partial charge in [-0.1, -0.05) is 56.3 Å². The summed E-state index contributed by atoms with van der Waals surface area (Å²) in [5.74, 6) is -0.326. The van der Waals surface area contributed by atoms with Crippen molar-refractivity contribution in [3.63, 3.8) is 0 Å². The number of aliphatic hydroxyl groups is 1. The fraction of sp³-hybridized carbons (Fsp3) is 0.300. The number of nitrogens with zero attached hydrogens (tertiary/aromatic N) is 3. The second kappa shape index (κ2) is 6.76. The first-order chi connectivity index (χ1) is 11.9. The Kier molecular flexibility index (Phi) is 4.68. The molecule has 0 spiro atoms. The Bertz CT molecular complexity index is 801. The second-order valence-corrected chi connectivity index (χ2v) is 7.01. The van der Waals surface area contributed by atoms with Crippen LogP contribution in [0.1, 0.15) is 25.0 Å². The first-order valence-electron chi connectivity index (χ1n) is 8.25. The Labute approximate surface area is 147 Å². The van der Waals surface area contributed by atoms with Gasteiger partial charge in [0.15, 0.2) is 0 Å². The van der Waals surface area contributed by atoms with Gasteiger partial charge in [0, 0.05) is 5.41 Å². The summed E-state index contributed by atoms with van der Waals surface area (Å²) in [4.78, 5) is 3.96. The third-order valence-electron chi connectivity index (χ3n) is 4.79. The molecule has 0 aliphatic rings. The molecule has 3 aromatic rings. The zero-order valence-corrected chi connectivity index (χ0v) is 14.4. The van der Waals surface area contributed by atoms with E-state index in [1.165, 1.54) is 18.5 Å². The van der Waals surface area contributed by atoms with Crippen LogP contribution in [0.2, 0.25) is 0 Å². The lowest BCUT2D eigenvalue weighted by Gasteiger charge is -2.43. The predicted octanol–water partition coefficient (Wildman–Crippen LogP) is 3.57. The standard InChI is InChI=1S/C20H22FN3O/c1-19(2,12-16-6-4-3-5-7-16)20(25,13-24-15-22-14-23-24)17-8-10-18(21)11-9-17/h3-11,14-15,25H,12-13H2,1-2H3. The Hall–Kier alpha value is -2.53. The molecule has 0 amide bonds. The maximum atomic E-state index is 13.4. The van der Waals surface area contributed by atoms with Crippen molar-refractivity contribution in [3.05, 3.63) is 84.2 Å². The molecule has 0 saturated heterocycles. The van der Waals surface area contributed by atoms with Crippen LogP contribution in [-0.4, -0.2) is 19.9 Å². The molecular formula is C20H22FN3O. The van der Waals surface area contributed by atoms with Gasteiger partial charge in [-0.3, -0.25) is 0 Å². The van der Waals surface area contributed by atoms with Gasteiger partial charge >= 0.3 is 0 Å². The van der Waals surface area contributed by atoms with Crippen molar-refractivity contribution in [1.82, 2.24) is 14.8 Å². The zero-order valence-electron chi connectivity index (χ0n) is 14.4. The molecule has 0 bridgehead atoms. The Balaban J connectivity index is 2.01. The number of hydrogen-bond donors (Lipinski definition) is 1. The molecule has 1 atom stereocenters. The highest BCUT2D eigenvalue weighted by Crippen LogP contribution is 2.43. The van der Waals surface area contributed by atoms with Crippen LogP contribution >= 0.6 is 0 Å². The van der Waals surface area contributed by atoms with Gasteiger partial charge in [-0.2, -0.15) is 5.10 Å². The predicted molar refractivity (Wildman–Crippen MR) is 94.2 cm³/mol. The maximum absolute atomic E-state index is 13.4. The lowest BCUT2D eigenvalue weighted by molar-refractivity contribution is -0.0895. The largest absolute Gasteiger partial charge is 0.383 e. The molecule has 4 nitrogen and oxygen atoms in total. The summed E-state index contributed by atoms with van der Waals surface area (Å²) in [6.45, 7) is 4.26. The van der Waals surface area contributed by atoms with E-state index in [2.05, 4.69) is 10.1 Å². The SMILES string of the molecule is CC(C)(Cc1ccccc1)C(O)(Cn1cncn1)c1ccc(F)cc1. The van der Waals surface area contributed by atoms with Crippen LogP contribution < -0.4 is 0 Å². The molecular weight excluding hydrogens is 317 g/mol. The summed E-state index contributed by atoms with van der Waals surface area (Å²) in [7, 11) is 0. The lowest BCUT2D eigenvalue weighted by atomic mass is 9.67. The van der Waals surface area contributed by atoms with Gasteiger partial charge in [0.1, 0.15) is 24.1 Å². The van der Waals surface area contributed by atoms with Gasteiger partial charge in [-0.25, -0.2) is 14.1 Å². The van der Waals surface area contributed by atoms with Crippen LogP contribution in [0.15, 0.2) is 67.3 Å². The quantitative estimate of drug-likeness (QED) is 0.747. The minimum Gasteiger partial charge on any atom is -0.383 e. The highest BCUT2D eigenvalue weighted by molar-refractivity contribution is 5.27. The molecule has 3 rings (SSSR count). The molecule has 0 fully saturated rings. The third-order valence-corrected chi connectivity index (χ3v) is 4.79. The van der Waals surface area contributed by atoms with Crippen LogP contribution in [0.25, 0.3) is 0 Å². The van der Waals surface area contributed by atoms with Crippen LogP contribution in [0.4, 0.5) is 4.39 Å². The smallest absolute Gasteiger partial charge is 0.137 e. The summed E-state index contributed by atoms with van der Waals surface area (Å²) < 4.78 is 15.0. The number of aromatic nitrogens is 3. The Morgan fingerprint density at radius 2 is 1.72 bits per heavy atom. The Morgan fingerprint density at radius 3 is 2.32 bits per heavy atom. The molecule has 1 unspecified atom stereocenters. The molecule has 1 aromatic heterocycles. The highest BCUT2D eigenvalue weighted by Gasteiger charge is 2.45. The molecule has 2 aromatic carbocycles. The summed E-state index contributed by atoms with van der Waals surface area (Å²) in [5.41, 5.74) is 0.0134. The van der Waals surface area contributed by atoms with E-state index < -0.39 is 11.0 Å². The van der Waals surface area contributed by atoms with Crippen molar-refractivity contribution in [2.24, 2.45) is 5.41 Å². The minimum atomic E-state index is -1.25. The topological polar surface area (TPSA) is 50.9 Å². The van der Waals surface area contributed by atoms with Gasteiger partial charge in [-0.05, 0) is 29.7 Å². The van der Waals surface area contributed by atoms with Crippen LogP contribution in [0, 0.1) is 11.2 Å². The third kappa shape index (κ3) is 3.61. The zero-order chi connectivity index (χ0) is 17.9. The number of benzene rings is 2. The molecule has 1 heterocycles. The van der Waals surface area contributed by atoms with E-state index in [0.29, 0.717) is 12.0 Å². The molecule has 0 radical (unpaired) electrons. The summed E-state index contributed by atoms with van der Waals surface area (Å²) in [5, 5.41) is 15.9. The van der Waals surface area contributed by atoms with E-state index in [1.54, 1.807) is 23.1 Å². The number of halogens is 1. The Morgan fingerprint density at radius 1 is 1.04 bits per heavy atom. The van der Waals surface area contributed by atoms with Gasteiger partial charge < -0.3 is 5.11 Å². The van der Waals surface area contributed by atoms with E-state index >= 15 is 0 Å². The fourth-order valence-corrected chi connectivity index (χ4v) is 3.22. The minimum absolute atomic E-state index is 0.235. The molecule has 0 aliphatic heterocycles. The van der Waals surface area contributed by atoms with Crippen molar-refractivity contribution < 1.29 is 9.50 Å². The van der Waals surface area contributed by atoms with E-state index in [-0.39, 0.29) is 12.4 Å². The summed E-state index contributed by atoms with van der Waals surface area (Å²) in [6, 6.07) is 16.1. The van der Waals surface area contributed by atoms with Gasteiger partial charge in [0.05, 0.1) is 6.54 Å². The monoisotopic (exact) mass is 339 g/mol. The van der Waals surface area contributed by atoms with Gasteiger partial charge in [0.2, 0.25) is 0 Å². The highest BCUT2D eigenvalue weighted by atomic mass is 19.1. The normalized spacial score (nSPS) is 14.2. The first kappa shape index (κ1) is 17.3. The average molecular weight is 339 g/mol. The number of hydrogen-bond acceptors (Lipinski definition) is 3. The van der Waals surface area contributed by atoms with Crippen molar-refractivity contribution in [2.75, 3.05) is 0 Å². The molecule has 1 N–H and O–H groups in total. The first-order valence-corrected chi connectivity index (χ1v) is 8.25. The number of rotatable bonds is 6. The summed E-state index contributed by atoms with van der Waals surface area (Å²) >= 11 is 0. The molecule has 130 valence electrons. The van der Waals surface area contributed by atoms with E-state index in [1.807, 2.05) is 44.2 Å². The van der Waals surface area contributed by atoms with Crippen molar-refractivity contribution in [2.45, 2.75) is 32.4 Å². The fourth-order valence-electron chi connectivity index (χ4n) is 3.22. The molecule has 5 heteroatoms. The maximum Gasteiger partial charge on any atom is 0.137 e. The molecule has 25 heavy (non-hydrogen) atoms.